The number of furan rings is 1. The van der Waals surface area contributed by atoms with Gasteiger partial charge in [0.25, 0.3) is 0 Å². The number of hydrogen-bond donors (Lipinski definition) is 0. The Morgan fingerprint density at radius 1 is 1.33 bits per heavy atom. The predicted molar refractivity (Wildman–Crippen MR) is 55.4 cm³/mol. The van der Waals surface area contributed by atoms with E-state index in [1.54, 1.807) is 12.1 Å². The van der Waals surface area contributed by atoms with E-state index >= 15 is 0 Å². The lowest BCUT2D eigenvalue weighted by atomic mass is 10.2. The summed E-state index contributed by atoms with van der Waals surface area (Å²) >= 11 is 0. The zero-order valence-electron chi connectivity index (χ0n) is 7.77. The first-order valence-corrected chi connectivity index (χ1v) is 4.38. The summed E-state index contributed by atoms with van der Waals surface area (Å²) in [5.41, 5.74) is 0.657. The lowest BCUT2D eigenvalue weighted by molar-refractivity contribution is 0.102. The molecule has 0 unspecified atom stereocenters. The van der Waals surface area contributed by atoms with E-state index in [-0.39, 0.29) is 11.5 Å². The molecular weight excluding hydrogens is 192 g/mol. The van der Waals surface area contributed by atoms with Crippen molar-refractivity contribution >= 4 is 23.0 Å². The first-order chi connectivity index (χ1) is 7.31. The minimum Gasteiger partial charge on any atom is -0.453 e. The van der Waals surface area contributed by atoms with E-state index < -0.39 is 0 Å². The largest absolute Gasteiger partial charge is 0.453 e. The lowest BCUT2D eigenvalue weighted by Gasteiger charge is -1.85. The molecule has 2 rings (SSSR count). The van der Waals surface area contributed by atoms with Crippen LogP contribution in [0.4, 0.5) is 0 Å². The number of allylic oxidation sites excluding steroid dienone is 2. The van der Waals surface area contributed by atoms with Gasteiger partial charge in [0, 0.05) is 5.39 Å². The highest BCUT2D eigenvalue weighted by molar-refractivity contribution is 6.06. The van der Waals surface area contributed by atoms with Crippen LogP contribution < -0.4 is 0 Å². The van der Waals surface area contributed by atoms with Gasteiger partial charge < -0.3 is 4.42 Å². The molecule has 15 heavy (non-hydrogen) atoms. The van der Waals surface area contributed by atoms with Gasteiger partial charge in [0.05, 0.1) is 0 Å². The number of ketones is 1. The number of rotatable bonds is 3. The molecule has 0 fully saturated rings. The molecule has 0 aliphatic rings. The van der Waals surface area contributed by atoms with Crippen molar-refractivity contribution in [2.45, 2.75) is 0 Å². The number of carbonyl (C=O) groups excluding carboxylic acids is 2. The van der Waals surface area contributed by atoms with Gasteiger partial charge in [0.1, 0.15) is 5.58 Å². The Labute approximate surface area is 86.0 Å². The summed E-state index contributed by atoms with van der Waals surface area (Å²) < 4.78 is 5.30. The molecule has 3 nitrogen and oxygen atoms in total. The van der Waals surface area contributed by atoms with Crippen molar-refractivity contribution in [3.63, 3.8) is 0 Å². The molecule has 73 valence electrons. The number of hydrogen-bond acceptors (Lipinski definition) is 3. The maximum atomic E-state index is 11.4. The SMILES string of the molecule is O=[C]C=CC(=O)c1cc2ccccc2o1. The van der Waals surface area contributed by atoms with Crippen molar-refractivity contribution in [1.82, 2.24) is 0 Å². The fraction of sp³-hybridized carbons (Fsp3) is 0. The van der Waals surface area contributed by atoms with Gasteiger partial charge in [-0.3, -0.25) is 9.59 Å². The van der Waals surface area contributed by atoms with E-state index in [0.29, 0.717) is 5.58 Å². The summed E-state index contributed by atoms with van der Waals surface area (Å²) in [7, 11) is 0. The third-order valence-electron chi connectivity index (χ3n) is 1.97. The summed E-state index contributed by atoms with van der Waals surface area (Å²) in [6.45, 7) is 0. The Bertz CT molecular complexity index is 502. The number of benzene rings is 1. The Morgan fingerprint density at radius 2 is 2.13 bits per heavy atom. The van der Waals surface area contributed by atoms with E-state index in [1.165, 1.54) is 6.29 Å². The highest BCUT2D eigenvalue weighted by Gasteiger charge is 2.08. The van der Waals surface area contributed by atoms with Gasteiger partial charge in [-0.05, 0) is 24.3 Å². The Morgan fingerprint density at radius 3 is 2.87 bits per heavy atom. The Kier molecular flexibility index (Phi) is 2.46. The normalized spacial score (nSPS) is 10.9. The molecule has 0 saturated carbocycles. The molecule has 1 aromatic heterocycles. The van der Waals surface area contributed by atoms with Crippen LogP contribution in [0.25, 0.3) is 11.0 Å². The second-order valence-corrected chi connectivity index (χ2v) is 2.96. The van der Waals surface area contributed by atoms with Crippen molar-refractivity contribution < 1.29 is 14.0 Å². The van der Waals surface area contributed by atoms with E-state index in [4.69, 9.17) is 4.42 Å². The molecule has 0 saturated heterocycles. The molecule has 1 aromatic carbocycles. The van der Waals surface area contributed by atoms with Crippen molar-refractivity contribution in [3.8, 4) is 0 Å². The first-order valence-electron chi connectivity index (χ1n) is 4.38. The molecule has 1 heterocycles. The van der Waals surface area contributed by atoms with E-state index in [9.17, 15) is 9.59 Å². The van der Waals surface area contributed by atoms with Crippen molar-refractivity contribution in [1.29, 1.82) is 0 Å². The monoisotopic (exact) mass is 199 g/mol. The fourth-order valence-corrected chi connectivity index (χ4v) is 1.30. The number of fused-ring (bicyclic) bond motifs is 1. The van der Waals surface area contributed by atoms with Crippen LogP contribution in [0.1, 0.15) is 10.6 Å². The second kappa shape index (κ2) is 3.92. The van der Waals surface area contributed by atoms with Crippen LogP contribution in [-0.2, 0) is 4.79 Å². The highest BCUT2D eigenvalue weighted by atomic mass is 16.3. The molecule has 0 bridgehead atoms. The predicted octanol–water partition coefficient (Wildman–Crippen LogP) is 2.28. The summed E-state index contributed by atoms with van der Waals surface area (Å²) in [5, 5.41) is 0.865. The van der Waals surface area contributed by atoms with Gasteiger partial charge in [-0.15, -0.1) is 0 Å². The van der Waals surface area contributed by atoms with Gasteiger partial charge in [0.15, 0.2) is 5.76 Å². The topological polar surface area (TPSA) is 47.3 Å². The zero-order valence-corrected chi connectivity index (χ0v) is 7.77. The highest BCUT2D eigenvalue weighted by Crippen LogP contribution is 2.19. The van der Waals surface area contributed by atoms with Gasteiger partial charge in [-0.2, -0.15) is 0 Å². The van der Waals surface area contributed by atoms with E-state index in [1.807, 2.05) is 18.2 Å². The van der Waals surface area contributed by atoms with Crippen molar-refractivity contribution in [2.24, 2.45) is 0 Å². The van der Waals surface area contributed by atoms with Gasteiger partial charge in [0.2, 0.25) is 12.1 Å². The molecule has 3 heteroatoms. The minimum absolute atomic E-state index is 0.225. The molecule has 0 atom stereocenters. The average Bonchev–Trinajstić information content (AvgIpc) is 2.69. The van der Waals surface area contributed by atoms with Gasteiger partial charge >= 0.3 is 0 Å². The average molecular weight is 199 g/mol. The minimum atomic E-state index is -0.338. The molecule has 0 spiro atoms. The summed E-state index contributed by atoms with van der Waals surface area (Å²) in [4.78, 5) is 21.3. The summed E-state index contributed by atoms with van der Waals surface area (Å²) in [5.74, 6) is -0.114. The van der Waals surface area contributed by atoms with Crippen LogP contribution in [0.15, 0.2) is 46.9 Å². The molecule has 2 aromatic rings. The number of carbonyl (C=O) groups is 1. The van der Waals surface area contributed by atoms with Crippen LogP contribution in [0.3, 0.4) is 0 Å². The molecule has 0 aliphatic carbocycles. The number of para-hydroxylation sites is 1. The molecular formula is C12H7O3. The van der Waals surface area contributed by atoms with E-state index in [0.717, 1.165) is 17.5 Å². The third-order valence-corrected chi connectivity index (χ3v) is 1.97. The van der Waals surface area contributed by atoms with Crippen LogP contribution in [0.2, 0.25) is 0 Å². The Hall–Kier alpha value is -2.16. The zero-order chi connectivity index (χ0) is 10.7. The van der Waals surface area contributed by atoms with E-state index in [2.05, 4.69) is 0 Å². The molecule has 0 aliphatic heterocycles. The van der Waals surface area contributed by atoms with Gasteiger partial charge in [-0.1, -0.05) is 18.2 Å². The van der Waals surface area contributed by atoms with Crippen molar-refractivity contribution in [3.05, 3.63) is 48.2 Å². The maximum absolute atomic E-state index is 11.4. The fourth-order valence-electron chi connectivity index (χ4n) is 1.30. The third kappa shape index (κ3) is 1.86. The Balaban J connectivity index is 2.40. The summed E-state index contributed by atoms with van der Waals surface area (Å²) in [6, 6.07) is 8.97. The first kappa shape index (κ1) is 9.40. The molecule has 1 radical (unpaired) electrons. The van der Waals surface area contributed by atoms with Gasteiger partial charge in [-0.25, -0.2) is 0 Å². The van der Waals surface area contributed by atoms with Crippen LogP contribution in [-0.4, -0.2) is 12.1 Å². The summed E-state index contributed by atoms with van der Waals surface area (Å²) in [6.07, 6.45) is 3.66. The second-order valence-electron chi connectivity index (χ2n) is 2.96. The van der Waals surface area contributed by atoms with Crippen molar-refractivity contribution in [2.75, 3.05) is 0 Å². The molecule has 0 N–H and O–H groups in total. The van der Waals surface area contributed by atoms with Crippen LogP contribution in [0.5, 0.6) is 0 Å². The smallest absolute Gasteiger partial charge is 0.225 e. The quantitative estimate of drug-likeness (QED) is 0.562. The van der Waals surface area contributed by atoms with Crippen LogP contribution in [0, 0.1) is 0 Å². The molecule has 0 amide bonds. The maximum Gasteiger partial charge on any atom is 0.225 e. The lowest BCUT2D eigenvalue weighted by Crippen LogP contribution is -1.90. The standard InChI is InChI=1S/C12H7O3/c13-7-3-5-10(14)12-8-9-4-1-2-6-11(9)15-12/h1-6,8H. The van der Waals surface area contributed by atoms with Crippen LogP contribution >= 0.6 is 0 Å².